The highest BCUT2D eigenvalue weighted by atomic mass is 127. The number of hydrogen-bond donors (Lipinski definition) is 2. The Morgan fingerprint density at radius 1 is 1.26 bits per heavy atom. The van der Waals surface area contributed by atoms with Crippen molar-refractivity contribution in [3.05, 3.63) is 0 Å². The first-order chi connectivity index (χ1) is 8.42. The van der Waals surface area contributed by atoms with Crippen molar-refractivity contribution >= 4 is 35.9 Å². The van der Waals surface area contributed by atoms with Crippen molar-refractivity contribution in [3.8, 4) is 0 Å². The minimum atomic E-state index is -0.230. The molecule has 0 aromatic rings. The molecular weight excluding hydrogens is 357 g/mol. The summed E-state index contributed by atoms with van der Waals surface area (Å²) in [5.74, 6) is 0.813. The van der Waals surface area contributed by atoms with Gasteiger partial charge in [0.15, 0.2) is 5.96 Å². The van der Waals surface area contributed by atoms with Gasteiger partial charge in [0, 0.05) is 12.6 Å². The number of aliphatic imine (C=N–C) groups is 1. The van der Waals surface area contributed by atoms with Gasteiger partial charge in [-0.3, -0.25) is 9.79 Å². The summed E-state index contributed by atoms with van der Waals surface area (Å²) in [4.78, 5) is 15.7. The van der Waals surface area contributed by atoms with Crippen LogP contribution in [0.15, 0.2) is 4.99 Å². The Labute approximate surface area is 134 Å². The number of rotatable bonds is 6. The number of carbonyl (C=O) groups excluding carboxylic acids is 1. The molecule has 0 saturated carbocycles. The summed E-state index contributed by atoms with van der Waals surface area (Å²) >= 11 is 0. The highest BCUT2D eigenvalue weighted by Crippen LogP contribution is 2.01. The van der Waals surface area contributed by atoms with Crippen LogP contribution in [0.2, 0.25) is 0 Å². The van der Waals surface area contributed by atoms with E-state index in [1.165, 1.54) is 7.11 Å². The van der Waals surface area contributed by atoms with Gasteiger partial charge in [-0.05, 0) is 19.8 Å². The summed E-state index contributed by atoms with van der Waals surface area (Å²) in [6.07, 6.45) is 0. The maximum Gasteiger partial charge on any atom is 0.310 e. The summed E-state index contributed by atoms with van der Waals surface area (Å²) < 4.78 is 4.67. The maximum absolute atomic E-state index is 11.3. The highest BCUT2D eigenvalue weighted by molar-refractivity contribution is 14.0. The summed E-state index contributed by atoms with van der Waals surface area (Å²) in [6.45, 7) is 11.5. The Morgan fingerprint density at radius 3 is 2.26 bits per heavy atom. The Kier molecular flexibility index (Phi) is 12.4. The van der Waals surface area contributed by atoms with Crippen molar-refractivity contribution in [3.63, 3.8) is 0 Å². The topological polar surface area (TPSA) is 62.7 Å². The van der Waals surface area contributed by atoms with Gasteiger partial charge in [0.25, 0.3) is 0 Å². The Hall–Kier alpha value is -0.530. The number of halogens is 1. The van der Waals surface area contributed by atoms with Crippen molar-refractivity contribution in [1.82, 2.24) is 10.6 Å². The van der Waals surface area contributed by atoms with E-state index in [1.807, 2.05) is 13.8 Å². The summed E-state index contributed by atoms with van der Waals surface area (Å²) in [6, 6.07) is 0.330. The normalized spacial score (nSPS) is 14.4. The van der Waals surface area contributed by atoms with Crippen molar-refractivity contribution in [1.29, 1.82) is 0 Å². The summed E-state index contributed by atoms with van der Waals surface area (Å²) in [5.41, 5.74) is 0. The number of hydrogen-bond acceptors (Lipinski definition) is 3. The van der Waals surface area contributed by atoms with E-state index in [9.17, 15) is 4.79 Å². The molecule has 114 valence electrons. The molecule has 0 aromatic heterocycles. The fraction of sp³-hybridized carbons (Fsp3) is 0.846. The molecule has 6 heteroatoms. The average molecular weight is 385 g/mol. The third-order valence-electron chi connectivity index (χ3n) is 2.84. The third-order valence-corrected chi connectivity index (χ3v) is 2.84. The molecule has 0 fully saturated rings. The smallest absolute Gasteiger partial charge is 0.310 e. The standard InChI is InChI=1S/C13H27N3O2.HI/c1-7-14-13(16-11(5)9(2)3)15-8-10(4)12(17)18-6;/h9-11H,7-8H2,1-6H3,(H2,14,15,16);1H. The molecule has 0 aliphatic heterocycles. The predicted octanol–water partition coefficient (Wildman–Crippen LogP) is 2.01. The molecule has 2 unspecified atom stereocenters. The molecule has 0 aliphatic carbocycles. The predicted molar refractivity (Wildman–Crippen MR) is 90.0 cm³/mol. The number of methoxy groups -OCH3 is 1. The first-order valence-corrected chi connectivity index (χ1v) is 6.55. The van der Waals surface area contributed by atoms with E-state index < -0.39 is 0 Å². The average Bonchev–Trinajstić information content (AvgIpc) is 2.34. The van der Waals surface area contributed by atoms with Gasteiger partial charge >= 0.3 is 5.97 Å². The second-order valence-corrected chi connectivity index (χ2v) is 4.82. The number of carbonyl (C=O) groups is 1. The molecule has 0 rings (SSSR count). The van der Waals surface area contributed by atoms with Crippen molar-refractivity contribution in [2.24, 2.45) is 16.8 Å². The van der Waals surface area contributed by atoms with Crippen LogP contribution >= 0.6 is 24.0 Å². The van der Waals surface area contributed by atoms with E-state index in [2.05, 4.69) is 41.1 Å². The fourth-order valence-electron chi connectivity index (χ4n) is 1.21. The number of guanidine groups is 1. The quantitative estimate of drug-likeness (QED) is 0.318. The fourth-order valence-corrected chi connectivity index (χ4v) is 1.21. The van der Waals surface area contributed by atoms with Crippen LogP contribution in [0.5, 0.6) is 0 Å². The minimum absolute atomic E-state index is 0. The Bertz CT molecular complexity index is 283. The zero-order valence-corrected chi connectivity index (χ0v) is 15.1. The Balaban J connectivity index is 0. The zero-order chi connectivity index (χ0) is 14.1. The molecule has 0 aromatic carbocycles. The molecule has 2 N–H and O–H groups in total. The molecule has 0 aliphatic rings. The molecular formula is C13H28IN3O2. The lowest BCUT2D eigenvalue weighted by Crippen LogP contribution is -2.44. The van der Waals surface area contributed by atoms with Crippen LogP contribution in [-0.4, -0.2) is 38.2 Å². The number of nitrogens with zero attached hydrogens (tertiary/aromatic N) is 1. The van der Waals surface area contributed by atoms with E-state index in [0.717, 1.165) is 12.5 Å². The van der Waals surface area contributed by atoms with Crippen LogP contribution in [0.1, 0.15) is 34.6 Å². The van der Waals surface area contributed by atoms with Gasteiger partial charge in [-0.15, -0.1) is 24.0 Å². The van der Waals surface area contributed by atoms with E-state index >= 15 is 0 Å². The molecule has 0 spiro atoms. The summed E-state index contributed by atoms with van der Waals surface area (Å²) in [5, 5.41) is 6.48. The monoisotopic (exact) mass is 385 g/mol. The largest absolute Gasteiger partial charge is 0.469 e. The van der Waals surface area contributed by atoms with Gasteiger partial charge < -0.3 is 15.4 Å². The number of esters is 1. The molecule has 2 atom stereocenters. The van der Waals surface area contributed by atoms with Gasteiger partial charge in [0.2, 0.25) is 0 Å². The van der Waals surface area contributed by atoms with Gasteiger partial charge in [-0.2, -0.15) is 0 Å². The lowest BCUT2D eigenvalue weighted by atomic mass is 10.1. The van der Waals surface area contributed by atoms with Gasteiger partial charge in [0.05, 0.1) is 19.6 Å². The Morgan fingerprint density at radius 2 is 1.84 bits per heavy atom. The number of ether oxygens (including phenoxy) is 1. The van der Waals surface area contributed by atoms with E-state index in [4.69, 9.17) is 0 Å². The van der Waals surface area contributed by atoms with Crippen molar-refractivity contribution < 1.29 is 9.53 Å². The minimum Gasteiger partial charge on any atom is -0.469 e. The third kappa shape index (κ3) is 9.07. The van der Waals surface area contributed by atoms with Crippen LogP contribution in [0.4, 0.5) is 0 Å². The van der Waals surface area contributed by atoms with Crippen LogP contribution in [0.25, 0.3) is 0 Å². The second-order valence-electron chi connectivity index (χ2n) is 4.82. The lowest BCUT2D eigenvalue weighted by Gasteiger charge is -2.21. The molecule has 0 radical (unpaired) electrons. The first kappa shape index (κ1) is 20.8. The van der Waals surface area contributed by atoms with E-state index in [0.29, 0.717) is 18.5 Å². The zero-order valence-electron chi connectivity index (χ0n) is 12.8. The molecule has 19 heavy (non-hydrogen) atoms. The molecule has 0 saturated heterocycles. The van der Waals surface area contributed by atoms with Crippen LogP contribution in [0.3, 0.4) is 0 Å². The van der Waals surface area contributed by atoms with E-state index in [-0.39, 0.29) is 35.9 Å². The molecule has 0 bridgehead atoms. The van der Waals surface area contributed by atoms with Crippen molar-refractivity contribution in [2.45, 2.75) is 40.7 Å². The molecule has 5 nitrogen and oxygen atoms in total. The lowest BCUT2D eigenvalue weighted by molar-refractivity contribution is -0.144. The van der Waals surface area contributed by atoms with Crippen LogP contribution in [-0.2, 0) is 9.53 Å². The first-order valence-electron chi connectivity index (χ1n) is 6.55. The second kappa shape index (κ2) is 11.3. The highest BCUT2D eigenvalue weighted by Gasteiger charge is 2.13. The van der Waals surface area contributed by atoms with Gasteiger partial charge in [-0.25, -0.2) is 0 Å². The molecule has 0 amide bonds. The van der Waals surface area contributed by atoms with E-state index in [1.54, 1.807) is 0 Å². The van der Waals surface area contributed by atoms with Crippen LogP contribution < -0.4 is 10.6 Å². The maximum atomic E-state index is 11.3. The SMILES string of the molecule is CCNC(=NCC(C)C(=O)OC)NC(C)C(C)C.I. The van der Waals surface area contributed by atoms with Gasteiger partial charge in [-0.1, -0.05) is 20.8 Å². The summed E-state index contributed by atoms with van der Waals surface area (Å²) in [7, 11) is 1.40. The van der Waals surface area contributed by atoms with Crippen molar-refractivity contribution in [2.75, 3.05) is 20.2 Å². The van der Waals surface area contributed by atoms with Gasteiger partial charge in [0.1, 0.15) is 0 Å². The van der Waals surface area contributed by atoms with Crippen LogP contribution in [0, 0.1) is 11.8 Å². The molecule has 0 heterocycles. The number of nitrogens with one attached hydrogen (secondary N) is 2.